The van der Waals surface area contributed by atoms with E-state index in [0.29, 0.717) is 23.8 Å². The minimum absolute atomic E-state index is 0. The highest BCUT2D eigenvalue weighted by Gasteiger charge is 2.38. The molecule has 2 fully saturated rings. The molecular weight excluding hydrogens is 535 g/mol. The van der Waals surface area contributed by atoms with Gasteiger partial charge in [-0.25, -0.2) is 4.99 Å². The second kappa shape index (κ2) is 14.1. The number of nitrogens with zero attached hydrogens (tertiary/aromatic N) is 2. The smallest absolute Gasteiger partial charge is 0.203 e. The molecule has 1 saturated carbocycles. The molecule has 0 unspecified atom stereocenters. The molecule has 1 saturated heterocycles. The van der Waals surface area contributed by atoms with Gasteiger partial charge in [-0.3, -0.25) is 4.90 Å². The molecule has 9 heteroatoms. The molecule has 33 heavy (non-hydrogen) atoms. The summed E-state index contributed by atoms with van der Waals surface area (Å²) in [4.78, 5) is 7.49. The number of morpholine rings is 1. The van der Waals surface area contributed by atoms with E-state index in [1.807, 2.05) is 12.1 Å². The molecule has 8 nitrogen and oxygen atoms in total. The maximum absolute atomic E-state index is 5.61. The van der Waals surface area contributed by atoms with E-state index in [-0.39, 0.29) is 29.5 Å². The Morgan fingerprint density at radius 2 is 1.64 bits per heavy atom. The highest BCUT2D eigenvalue weighted by atomic mass is 127. The molecule has 188 valence electrons. The lowest BCUT2D eigenvalue weighted by atomic mass is 9.80. The van der Waals surface area contributed by atoms with Gasteiger partial charge < -0.3 is 29.6 Å². The molecule has 0 amide bonds. The van der Waals surface area contributed by atoms with Crippen LogP contribution in [0.25, 0.3) is 0 Å². The van der Waals surface area contributed by atoms with Crippen LogP contribution in [0.15, 0.2) is 17.1 Å². The van der Waals surface area contributed by atoms with Crippen LogP contribution in [0.5, 0.6) is 17.2 Å². The first-order valence-electron chi connectivity index (χ1n) is 11.8. The van der Waals surface area contributed by atoms with Crippen molar-refractivity contribution in [3.8, 4) is 17.2 Å². The van der Waals surface area contributed by atoms with E-state index in [0.717, 1.165) is 50.9 Å². The maximum Gasteiger partial charge on any atom is 0.203 e. The summed E-state index contributed by atoms with van der Waals surface area (Å²) in [5.74, 6) is 2.71. The lowest BCUT2D eigenvalue weighted by Crippen LogP contribution is -2.60. The number of methoxy groups -OCH3 is 3. The Morgan fingerprint density at radius 1 is 1.00 bits per heavy atom. The summed E-state index contributed by atoms with van der Waals surface area (Å²) in [6.45, 7) is 8.00. The van der Waals surface area contributed by atoms with Gasteiger partial charge in [0.05, 0.1) is 41.1 Å². The van der Waals surface area contributed by atoms with Crippen molar-refractivity contribution in [3.05, 3.63) is 17.7 Å². The highest BCUT2D eigenvalue weighted by Crippen LogP contribution is 2.38. The molecule has 1 heterocycles. The third kappa shape index (κ3) is 7.26. The van der Waals surface area contributed by atoms with Crippen LogP contribution in [0, 0.1) is 0 Å². The van der Waals surface area contributed by atoms with Crippen molar-refractivity contribution in [2.75, 3.05) is 60.7 Å². The third-order valence-corrected chi connectivity index (χ3v) is 6.54. The fraction of sp³-hybridized carbons (Fsp3) is 0.708. The van der Waals surface area contributed by atoms with E-state index in [1.54, 1.807) is 21.3 Å². The normalized spacial score (nSPS) is 18.7. The number of benzene rings is 1. The minimum atomic E-state index is 0. The van der Waals surface area contributed by atoms with Gasteiger partial charge in [0.25, 0.3) is 0 Å². The number of hydrogen-bond donors (Lipinski definition) is 2. The molecular formula is C24H41IN4O4. The van der Waals surface area contributed by atoms with Gasteiger partial charge in [-0.05, 0) is 37.5 Å². The zero-order valence-corrected chi connectivity index (χ0v) is 22.9. The summed E-state index contributed by atoms with van der Waals surface area (Å²) in [6.07, 6.45) is 6.37. The number of guanidine groups is 1. The lowest BCUT2D eigenvalue weighted by Gasteiger charge is -2.48. The van der Waals surface area contributed by atoms with E-state index in [4.69, 9.17) is 23.9 Å². The van der Waals surface area contributed by atoms with E-state index in [1.165, 1.54) is 32.1 Å². The van der Waals surface area contributed by atoms with Gasteiger partial charge in [-0.2, -0.15) is 0 Å². The summed E-state index contributed by atoms with van der Waals surface area (Å²) in [7, 11) is 4.87. The van der Waals surface area contributed by atoms with Crippen molar-refractivity contribution in [1.29, 1.82) is 0 Å². The number of rotatable bonds is 9. The minimum Gasteiger partial charge on any atom is -0.493 e. The summed E-state index contributed by atoms with van der Waals surface area (Å²) in [6, 6.07) is 3.90. The second-order valence-electron chi connectivity index (χ2n) is 8.47. The maximum atomic E-state index is 5.61. The van der Waals surface area contributed by atoms with Crippen molar-refractivity contribution in [2.45, 2.75) is 51.1 Å². The van der Waals surface area contributed by atoms with Gasteiger partial charge in [0, 0.05) is 31.7 Å². The molecule has 0 radical (unpaired) electrons. The summed E-state index contributed by atoms with van der Waals surface area (Å²) >= 11 is 0. The fourth-order valence-electron chi connectivity index (χ4n) is 4.84. The largest absolute Gasteiger partial charge is 0.493 e. The molecule has 1 aliphatic carbocycles. The molecule has 1 aromatic carbocycles. The molecule has 0 atom stereocenters. The average Bonchev–Trinajstić information content (AvgIpc) is 2.86. The summed E-state index contributed by atoms with van der Waals surface area (Å²) < 4.78 is 22.0. The average molecular weight is 577 g/mol. The molecule has 3 rings (SSSR count). The lowest BCUT2D eigenvalue weighted by molar-refractivity contribution is -0.0352. The van der Waals surface area contributed by atoms with Crippen LogP contribution in [-0.2, 0) is 11.3 Å². The molecule has 1 aliphatic heterocycles. The number of aliphatic imine (C=N–C) groups is 1. The van der Waals surface area contributed by atoms with Gasteiger partial charge in [-0.15, -0.1) is 24.0 Å². The molecule has 0 spiro atoms. The predicted octanol–water partition coefficient (Wildman–Crippen LogP) is 3.42. The van der Waals surface area contributed by atoms with Crippen LogP contribution in [-0.4, -0.2) is 77.1 Å². The van der Waals surface area contributed by atoms with Crippen LogP contribution < -0.4 is 24.8 Å². The number of ether oxygens (including phenoxy) is 4. The van der Waals surface area contributed by atoms with E-state index < -0.39 is 0 Å². The quantitative estimate of drug-likeness (QED) is 0.265. The molecule has 2 N–H and O–H groups in total. The number of hydrogen-bond acceptors (Lipinski definition) is 6. The first kappa shape index (κ1) is 27.8. The Labute approximate surface area is 215 Å². The Kier molecular flexibility index (Phi) is 11.8. The first-order chi connectivity index (χ1) is 15.7. The van der Waals surface area contributed by atoms with Crippen molar-refractivity contribution in [1.82, 2.24) is 15.5 Å². The van der Waals surface area contributed by atoms with Gasteiger partial charge in [0.2, 0.25) is 5.75 Å². The van der Waals surface area contributed by atoms with Crippen LogP contribution in [0.1, 0.15) is 44.6 Å². The first-order valence-corrected chi connectivity index (χ1v) is 11.8. The molecule has 1 aromatic rings. The Balaban J connectivity index is 0.00000385. The van der Waals surface area contributed by atoms with Gasteiger partial charge in [0.15, 0.2) is 17.5 Å². The zero-order valence-electron chi connectivity index (χ0n) is 20.6. The van der Waals surface area contributed by atoms with E-state index in [2.05, 4.69) is 22.5 Å². The second-order valence-corrected chi connectivity index (χ2v) is 8.47. The van der Waals surface area contributed by atoms with Gasteiger partial charge in [0.1, 0.15) is 0 Å². The third-order valence-electron chi connectivity index (χ3n) is 6.54. The highest BCUT2D eigenvalue weighted by molar-refractivity contribution is 14.0. The topological polar surface area (TPSA) is 76.6 Å². The fourth-order valence-corrected chi connectivity index (χ4v) is 4.84. The van der Waals surface area contributed by atoms with Crippen LogP contribution in [0.3, 0.4) is 0 Å². The van der Waals surface area contributed by atoms with E-state index in [9.17, 15) is 0 Å². The van der Waals surface area contributed by atoms with Gasteiger partial charge in [-0.1, -0.05) is 19.3 Å². The number of nitrogens with one attached hydrogen (secondary N) is 2. The van der Waals surface area contributed by atoms with Crippen LogP contribution in [0.4, 0.5) is 0 Å². The molecule has 0 aromatic heterocycles. The standard InChI is InChI=1S/C24H40N4O4.HI/c1-5-25-23(26-17-19-15-20(29-2)22(31-4)21(16-19)30-3)27-18-24(9-7-6-8-10-24)28-11-13-32-14-12-28;/h15-16H,5-14,17-18H2,1-4H3,(H2,25,26,27);1H. The molecule has 0 bridgehead atoms. The SMILES string of the molecule is CCNC(=NCc1cc(OC)c(OC)c(OC)c1)NCC1(N2CCOCC2)CCCCC1.I. The monoisotopic (exact) mass is 576 g/mol. The van der Waals surface area contributed by atoms with Crippen LogP contribution in [0.2, 0.25) is 0 Å². The van der Waals surface area contributed by atoms with Crippen molar-refractivity contribution >= 4 is 29.9 Å². The molecule has 2 aliphatic rings. The van der Waals surface area contributed by atoms with Crippen molar-refractivity contribution < 1.29 is 18.9 Å². The van der Waals surface area contributed by atoms with Crippen LogP contribution >= 0.6 is 24.0 Å². The Morgan fingerprint density at radius 3 is 2.18 bits per heavy atom. The van der Waals surface area contributed by atoms with Crippen molar-refractivity contribution in [2.24, 2.45) is 4.99 Å². The zero-order chi connectivity index (χ0) is 22.8. The number of halogens is 1. The van der Waals surface area contributed by atoms with Crippen molar-refractivity contribution in [3.63, 3.8) is 0 Å². The predicted molar refractivity (Wildman–Crippen MR) is 143 cm³/mol. The van der Waals surface area contributed by atoms with Gasteiger partial charge >= 0.3 is 0 Å². The van der Waals surface area contributed by atoms with E-state index >= 15 is 0 Å². The summed E-state index contributed by atoms with van der Waals surface area (Å²) in [5.41, 5.74) is 1.18. The Hall–Kier alpha value is -1.46. The Bertz CT molecular complexity index is 725. The summed E-state index contributed by atoms with van der Waals surface area (Å²) in [5, 5.41) is 7.05.